The van der Waals surface area contributed by atoms with E-state index < -0.39 is 5.97 Å². The molecule has 0 saturated heterocycles. The van der Waals surface area contributed by atoms with Crippen LogP contribution in [0.4, 0.5) is 0 Å². The highest BCUT2D eigenvalue weighted by atomic mass is 16.6. The van der Waals surface area contributed by atoms with Gasteiger partial charge in [-0.05, 0) is 78.2 Å². The molecule has 38 heavy (non-hydrogen) atoms. The standard InChI is InChI=1S/C33H35NO4/c1-34(2)18-19-37-30-15-16-31(28(23-30)20-25-10-6-4-7-11-25)27-14-17-32(38-24-33(35)36-3)29(22-27)21-26-12-8-5-9-13-26/h4-17,22-23H,18-21,24H2,1-3H3. The third kappa shape index (κ3) is 7.70. The fourth-order valence-electron chi connectivity index (χ4n) is 4.29. The van der Waals surface area contributed by atoms with Gasteiger partial charge in [-0.15, -0.1) is 0 Å². The van der Waals surface area contributed by atoms with Gasteiger partial charge < -0.3 is 19.1 Å². The third-order valence-electron chi connectivity index (χ3n) is 6.30. The summed E-state index contributed by atoms with van der Waals surface area (Å²) in [7, 11) is 5.44. The first-order chi connectivity index (χ1) is 18.5. The second-order valence-electron chi connectivity index (χ2n) is 9.48. The molecule has 4 aromatic carbocycles. The van der Waals surface area contributed by atoms with Crippen molar-refractivity contribution < 1.29 is 19.0 Å². The fourth-order valence-corrected chi connectivity index (χ4v) is 4.29. The molecule has 0 heterocycles. The number of esters is 1. The Kier molecular flexibility index (Phi) is 9.54. The number of rotatable bonds is 12. The van der Waals surface area contributed by atoms with Gasteiger partial charge in [-0.25, -0.2) is 4.79 Å². The van der Waals surface area contributed by atoms with Crippen molar-refractivity contribution >= 4 is 5.97 Å². The average Bonchev–Trinajstić information content (AvgIpc) is 2.93. The molecule has 0 unspecified atom stereocenters. The zero-order valence-corrected chi connectivity index (χ0v) is 22.4. The molecule has 4 aromatic rings. The van der Waals surface area contributed by atoms with E-state index in [4.69, 9.17) is 14.2 Å². The van der Waals surface area contributed by atoms with Gasteiger partial charge >= 0.3 is 5.97 Å². The van der Waals surface area contributed by atoms with Crippen LogP contribution >= 0.6 is 0 Å². The van der Waals surface area contributed by atoms with E-state index in [0.29, 0.717) is 18.8 Å². The average molecular weight is 510 g/mol. The molecule has 5 nitrogen and oxygen atoms in total. The van der Waals surface area contributed by atoms with E-state index in [0.717, 1.165) is 35.4 Å². The van der Waals surface area contributed by atoms with Crippen LogP contribution in [-0.4, -0.2) is 51.8 Å². The summed E-state index contributed by atoms with van der Waals surface area (Å²) in [5, 5.41) is 0. The van der Waals surface area contributed by atoms with Crippen molar-refractivity contribution in [3.05, 3.63) is 119 Å². The minimum absolute atomic E-state index is 0.129. The minimum Gasteiger partial charge on any atom is -0.492 e. The van der Waals surface area contributed by atoms with Crippen molar-refractivity contribution in [3.63, 3.8) is 0 Å². The predicted octanol–water partition coefficient (Wildman–Crippen LogP) is 6.03. The van der Waals surface area contributed by atoms with Crippen LogP contribution in [0.2, 0.25) is 0 Å². The second-order valence-corrected chi connectivity index (χ2v) is 9.48. The highest BCUT2D eigenvalue weighted by Crippen LogP contribution is 2.33. The van der Waals surface area contributed by atoms with E-state index in [9.17, 15) is 4.79 Å². The lowest BCUT2D eigenvalue weighted by atomic mass is 9.92. The third-order valence-corrected chi connectivity index (χ3v) is 6.30. The smallest absolute Gasteiger partial charge is 0.343 e. The molecule has 0 aliphatic heterocycles. The lowest BCUT2D eigenvalue weighted by Crippen LogP contribution is -2.19. The first-order valence-electron chi connectivity index (χ1n) is 12.8. The summed E-state index contributed by atoms with van der Waals surface area (Å²) in [6.07, 6.45) is 1.47. The molecule has 0 atom stereocenters. The first kappa shape index (κ1) is 27.0. The van der Waals surface area contributed by atoms with Gasteiger partial charge in [-0.2, -0.15) is 0 Å². The van der Waals surface area contributed by atoms with Gasteiger partial charge in [0.05, 0.1) is 7.11 Å². The molecular weight excluding hydrogens is 474 g/mol. The van der Waals surface area contributed by atoms with E-state index in [2.05, 4.69) is 65.6 Å². The molecule has 0 N–H and O–H groups in total. The van der Waals surface area contributed by atoms with E-state index in [1.54, 1.807) is 0 Å². The molecule has 0 bridgehead atoms. The maximum Gasteiger partial charge on any atom is 0.343 e. The molecule has 0 aliphatic carbocycles. The summed E-state index contributed by atoms with van der Waals surface area (Å²) in [6.45, 7) is 1.35. The largest absolute Gasteiger partial charge is 0.492 e. The van der Waals surface area contributed by atoms with Crippen molar-refractivity contribution in [1.29, 1.82) is 0 Å². The molecule has 4 rings (SSSR count). The zero-order valence-electron chi connectivity index (χ0n) is 22.4. The van der Waals surface area contributed by atoms with Crippen LogP contribution in [0.5, 0.6) is 11.5 Å². The molecule has 0 spiro atoms. The number of nitrogens with zero attached hydrogens (tertiary/aromatic N) is 1. The van der Waals surface area contributed by atoms with Gasteiger partial charge in [-0.3, -0.25) is 0 Å². The minimum atomic E-state index is -0.408. The van der Waals surface area contributed by atoms with Crippen LogP contribution in [0.25, 0.3) is 11.1 Å². The summed E-state index contributed by atoms with van der Waals surface area (Å²) < 4.78 is 16.7. The Hall–Kier alpha value is -4.09. The Bertz CT molecular complexity index is 1320. The van der Waals surface area contributed by atoms with E-state index in [1.807, 2.05) is 50.5 Å². The van der Waals surface area contributed by atoms with Gasteiger partial charge in [0.15, 0.2) is 6.61 Å². The first-order valence-corrected chi connectivity index (χ1v) is 12.8. The molecule has 0 fully saturated rings. The van der Waals surface area contributed by atoms with Crippen molar-refractivity contribution in [1.82, 2.24) is 4.90 Å². The highest BCUT2D eigenvalue weighted by Gasteiger charge is 2.14. The molecule has 0 amide bonds. The van der Waals surface area contributed by atoms with Crippen LogP contribution in [0.3, 0.4) is 0 Å². The Labute approximate surface area is 225 Å². The number of benzene rings is 4. The number of likely N-dealkylation sites (N-methyl/N-ethyl adjacent to an activating group) is 1. The summed E-state index contributed by atoms with van der Waals surface area (Å²) in [5.41, 5.74) is 6.83. The molecule has 5 heteroatoms. The van der Waals surface area contributed by atoms with Crippen molar-refractivity contribution in [2.24, 2.45) is 0 Å². The van der Waals surface area contributed by atoms with Crippen LogP contribution in [-0.2, 0) is 22.4 Å². The Morgan fingerprint density at radius 2 is 1.39 bits per heavy atom. The van der Waals surface area contributed by atoms with Gasteiger partial charge in [0.25, 0.3) is 0 Å². The zero-order chi connectivity index (χ0) is 26.7. The topological polar surface area (TPSA) is 48.0 Å². The lowest BCUT2D eigenvalue weighted by Gasteiger charge is -2.17. The number of ether oxygens (including phenoxy) is 3. The van der Waals surface area contributed by atoms with E-state index >= 15 is 0 Å². The molecule has 0 radical (unpaired) electrons. The normalized spacial score (nSPS) is 10.8. The number of carbonyl (C=O) groups is 1. The summed E-state index contributed by atoms with van der Waals surface area (Å²) in [5.74, 6) is 1.13. The summed E-state index contributed by atoms with van der Waals surface area (Å²) in [6, 6.07) is 33.2. The second kappa shape index (κ2) is 13.5. The number of carbonyl (C=O) groups excluding carboxylic acids is 1. The van der Waals surface area contributed by atoms with Crippen LogP contribution < -0.4 is 9.47 Å². The van der Waals surface area contributed by atoms with Crippen LogP contribution in [0.15, 0.2) is 97.1 Å². The SMILES string of the molecule is COC(=O)COc1ccc(-c2ccc(OCCN(C)C)cc2Cc2ccccc2)cc1Cc1ccccc1. The maximum atomic E-state index is 11.7. The molecule has 0 aliphatic rings. The Morgan fingerprint density at radius 1 is 0.737 bits per heavy atom. The predicted molar refractivity (Wildman–Crippen MR) is 152 cm³/mol. The van der Waals surface area contributed by atoms with Crippen LogP contribution in [0.1, 0.15) is 22.3 Å². The van der Waals surface area contributed by atoms with Crippen molar-refractivity contribution in [3.8, 4) is 22.6 Å². The molecule has 0 saturated carbocycles. The summed E-state index contributed by atoms with van der Waals surface area (Å²) in [4.78, 5) is 13.9. The maximum absolute atomic E-state index is 11.7. The Morgan fingerprint density at radius 3 is 2.03 bits per heavy atom. The quantitative estimate of drug-likeness (QED) is 0.218. The fraction of sp³-hybridized carbons (Fsp3) is 0.242. The van der Waals surface area contributed by atoms with E-state index in [-0.39, 0.29) is 6.61 Å². The number of hydrogen-bond acceptors (Lipinski definition) is 5. The number of methoxy groups -OCH3 is 1. The van der Waals surface area contributed by atoms with E-state index in [1.165, 1.54) is 23.8 Å². The molecule has 0 aromatic heterocycles. The monoisotopic (exact) mass is 509 g/mol. The van der Waals surface area contributed by atoms with Gasteiger partial charge in [0.2, 0.25) is 0 Å². The molecular formula is C33H35NO4. The van der Waals surface area contributed by atoms with Crippen molar-refractivity contribution in [2.45, 2.75) is 12.8 Å². The van der Waals surface area contributed by atoms with Gasteiger partial charge in [-0.1, -0.05) is 72.8 Å². The number of hydrogen-bond donors (Lipinski definition) is 0. The van der Waals surface area contributed by atoms with Gasteiger partial charge in [0.1, 0.15) is 18.1 Å². The highest BCUT2D eigenvalue weighted by molar-refractivity contribution is 5.72. The van der Waals surface area contributed by atoms with Gasteiger partial charge in [0, 0.05) is 13.0 Å². The molecule has 196 valence electrons. The van der Waals surface area contributed by atoms with Crippen LogP contribution in [0, 0.1) is 0 Å². The lowest BCUT2D eigenvalue weighted by molar-refractivity contribution is -0.142. The Balaban J connectivity index is 1.70. The van der Waals surface area contributed by atoms with Crippen molar-refractivity contribution in [2.75, 3.05) is 41.0 Å². The summed E-state index contributed by atoms with van der Waals surface area (Å²) >= 11 is 0.